The van der Waals surface area contributed by atoms with Crippen molar-refractivity contribution in [2.45, 2.75) is 56.1 Å². The molecule has 2 fully saturated rings. The van der Waals surface area contributed by atoms with Crippen LogP contribution in [0.3, 0.4) is 0 Å². The van der Waals surface area contributed by atoms with Crippen LogP contribution in [0.4, 0.5) is 0 Å². The summed E-state index contributed by atoms with van der Waals surface area (Å²) in [5.41, 5.74) is 0.939. The number of rotatable bonds is 7. The topological polar surface area (TPSA) is 80.6 Å². The van der Waals surface area contributed by atoms with Gasteiger partial charge < -0.3 is 14.6 Å². The molecule has 2 aliphatic heterocycles. The van der Waals surface area contributed by atoms with Gasteiger partial charge >= 0.3 is 0 Å². The number of sulfonamides is 1. The maximum Gasteiger partial charge on any atom is 0.243 e. The van der Waals surface area contributed by atoms with Crippen LogP contribution in [-0.2, 0) is 26.1 Å². The van der Waals surface area contributed by atoms with Crippen molar-refractivity contribution in [1.82, 2.24) is 14.2 Å². The van der Waals surface area contributed by atoms with E-state index in [-0.39, 0.29) is 12.0 Å². The minimum Gasteiger partial charge on any atom is -0.376 e. The zero-order valence-corrected chi connectivity index (χ0v) is 17.5. The highest BCUT2D eigenvalue weighted by Crippen LogP contribution is 2.25. The summed E-state index contributed by atoms with van der Waals surface area (Å²) < 4.78 is 34.9. The van der Waals surface area contributed by atoms with Crippen LogP contribution >= 0.6 is 0 Å². The van der Waals surface area contributed by atoms with Crippen LogP contribution in [0.2, 0.25) is 0 Å². The summed E-state index contributed by atoms with van der Waals surface area (Å²) >= 11 is 0. The van der Waals surface area contributed by atoms with Crippen molar-refractivity contribution in [2.75, 3.05) is 26.2 Å². The lowest BCUT2D eigenvalue weighted by Gasteiger charge is -2.25. The highest BCUT2D eigenvalue weighted by molar-refractivity contribution is 7.89. The predicted octanol–water partition coefficient (Wildman–Crippen LogP) is 2.50. The monoisotopic (exact) mass is 419 g/mol. The molecule has 7 nitrogen and oxygen atoms in total. The van der Waals surface area contributed by atoms with E-state index < -0.39 is 10.0 Å². The first kappa shape index (κ1) is 20.4. The average molecular weight is 420 g/mol. The van der Waals surface area contributed by atoms with E-state index in [2.05, 4.69) is 5.32 Å². The summed E-state index contributed by atoms with van der Waals surface area (Å²) in [7, 11) is -3.44. The third kappa shape index (κ3) is 4.65. The molecule has 1 N–H and O–H groups in total. The second-order valence-corrected chi connectivity index (χ2v) is 9.82. The number of carbonyl (C=O) groups excluding carboxylic acids is 1. The van der Waals surface area contributed by atoms with Crippen LogP contribution in [-0.4, -0.2) is 55.5 Å². The minimum absolute atomic E-state index is 0.00615. The fourth-order valence-electron chi connectivity index (χ4n) is 4.13. The van der Waals surface area contributed by atoms with Crippen LogP contribution in [0.1, 0.15) is 38.5 Å². The largest absolute Gasteiger partial charge is 0.376 e. The molecule has 158 valence electrons. The number of benzene rings is 1. The molecule has 0 saturated carbocycles. The van der Waals surface area contributed by atoms with Gasteiger partial charge in [-0.05, 0) is 49.9 Å². The van der Waals surface area contributed by atoms with Gasteiger partial charge in [-0.25, -0.2) is 8.42 Å². The van der Waals surface area contributed by atoms with Gasteiger partial charge in [0.25, 0.3) is 0 Å². The molecule has 29 heavy (non-hydrogen) atoms. The van der Waals surface area contributed by atoms with E-state index in [0.717, 1.165) is 49.6 Å². The Kier molecular flexibility index (Phi) is 6.22. The molecule has 8 heteroatoms. The standard InChI is InChI=1S/C21H29N3O4S/c25-21(22-16-18-5-4-14-28-18)9-13-23-12-8-17-15-19(6-7-20(17)23)29(26,27)24-10-2-1-3-11-24/h6-8,12,15,18H,1-5,9-11,13-14,16H2,(H,22,25)/t18-/m0/s1. The van der Waals surface area contributed by atoms with Gasteiger partial charge in [-0.15, -0.1) is 0 Å². The third-order valence-corrected chi connectivity index (χ3v) is 7.72. The molecule has 1 aromatic heterocycles. The highest BCUT2D eigenvalue weighted by atomic mass is 32.2. The van der Waals surface area contributed by atoms with Crippen molar-refractivity contribution in [3.8, 4) is 0 Å². The molecule has 1 amide bonds. The number of carbonyl (C=O) groups is 1. The van der Waals surface area contributed by atoms with Gasteiger partial charge in [0.05, 0.1) is 11.0 Å². The molecule has 4 rings (SSSR count). The van der Waals surface area contributed by atoms with E-state index in [0.29, 0.717) is 37.5 Å². The molecule has 0 spiro atoms. The Balaban J connectivity index is 1.39. The Morgan fingerprint density at radius 3 is 2.72 bits per heavy atom. The summed E-state index contributed by atoms with van der Waals surface area (Å²) in [6.07, 6.45) is 7.44. The van der Waals surface area contributed by atoms with E-state index in [1.165, 1.54) is 0 Å². The first-order valence-electron chi connectivity index (χ1n) is 10.5. The zero-order chi connectivity index (χ0) is 20.3. The Hall–Kier alpha value is -1.90. The first-order valence-corrected chi connectivity index (χ1v) is 12.0. The van der Waals surface area contributed by atoms with Gasteiger partial charge in [0.2, 0.25) is 15.9 Å². The second-order valence-electron chi connectivity index (χ2n) is 7.88. The van der Waals surface area contributed by atoms with Crippen molar-refractivity contribution < 1.29 is 17.9 Å². The predicted molar refractivity (Wildman–Crippen MR) is 111 cm³/mol. The number of hydrogen-bond donors (Lipinski definition) is 1. The molecule has 0 radical (unpaired) electrons. The number of aryl methyl sites for hydroxylation is 1. The normalized spacial score (nSPS) is 20.9. The average Bonchev–Trinajstić information content (AvgIpc) is 3.40. The quantitative estimate of drug-likeness (QED) is 0.748. The summed E-state index contributed by atoms with van der Waals surface area (Å²) in [5.74, 6) is 0.00615. The number of fused-ring (bicyclic) bond motifs is 1. The molecular formula is C21H29N3O4S. The van der Waals surface area contributed by atoms with Gasteiger partial charge in [-0.3, -0.25) is 4.79 Å². The first-order chi connectivity index (χ1) is 14.0. The third-order valence-electron chi connectivity index (χ3n) is 5.83. The molecular weight excluding hydrogens is 390 g/mol. The fourth-order valence-corrected chi connectivity index (χ4v) is 5.68. The molecule has 2 aromatic rings. The van der Waals surface area contributed by atoms with Gasteiger partial charge in [0.15, 0.2) is 0 Å². The number of aromatic nitrogens is 1. The maximum atomic E-state index is 12.9. The van der Waals surface area contributed by atoms with Crippen LogP contribution in [0, 0.1) is 0 Å². The van der Waals surface area contributed by atoms with E-state index in [9.17, 15) is 13.2 Å². The minimum atomic E-state index is -3.44. The van der Waals surface area contributed by atoms with Crippen molar-refractivity contribution in [1.29, 1.82) is 0 Å². The number of nitrogens with zero attached hydrogens (tertiary/aromatic N) is 2. The van der Waals surface area contributed by atoms with Gasteiger partial charge in [-0.2, -0.15) is 4.31 Å². The molecule has 3 heterocycles. The lowest BCUT2D eigenvalue weighted by atomic mass is 10.2. The van der Waals surface area contributed by atoms with E-state index in [1.54, 1.807) is 16.4 Å². The Morgan fingerprint density at radius 1 is 1.14 bits per heavy atom. The number of ether oxygens (including phenoxy) is 1. The highest BCUT2D eigenvalue weighted by Gasteiger charge is 2.26. The van der Waals surface area contributed by atoms with E-state index in [4.69, 9.17) is 4.74 Å². The molecule has 2 saturated heterocycles. The van der Waals surface area contributed by atoms with Crippen molar-refractivity contribution >= 4 is 26.8 Å². The van der Waals surface area contributed by atoms with E-state index in [1.807, 2.05) is 22.9 Å². The summed E-state index contributed by atoms with van der Waals surface area (Å²) in [5, 5.41) is 3.82. The molecule has 0 aliphatic carbocycles. The summed E-state index contributed by atoms with van der Waals surface area (Å²) in [4.78, 5) is 12.5. The fraction of sp³-hybridized carbons (Fsp3) is 0.571. The van der Waals surface area contributed by atoms with Crippen LogP contribution in [0.15, 0.2) is 35.4 Å². The molecule has 2 aliphatic rings. The van der Waals surface area contributed by atoms with Crippen LogP contribution < -0.4 is 5.32 Å². The summed E-state index contributed by atoms with van der Waals surface area (Å²) in [6.45, 7) is 3.11. The molecule has 0 bridgehead atoms. The number of piperidine rings is 1. The lowest BCUT2D eigenvalue weighted by Crippen LogP contribution is -2.35. The van der Waals surface area contributed by atoms with Crippen LogP contribution in [0.5, 0.6) is 0 Å². The van der Waals surface area contributed by atoms with Crippen molar-refractivity contribution in [2.24, 2.45) is 0 Å². The smallest absolute Gasteiger partial charge is 0.243 e. The SMILES string of the molecule is O=C(CCn1ccc2cc(S(=O)(=O)N3CCCCC3)ccc21)NC[C@@H]1CCCO1. The van der Waals surface area contributed by atoms with Crippen molar-refractivity contribution in [3.05, 3.63) is 30.5 Å². The Bertz CT molecular complexity index is 957. The Labute approximate surface area is 172 Å². The van der Waals surface area contributed by atoms with E-state index >= 15 is 0 Å². The number of nitrogens with one attached hydrogen (secondary N) is 1. The maximum absolute atomic E-state index is 12.9. The van der Waals surface area contributed by atoms with Crippen LogP contribution in [0.25, 0.3) is 10.9 Å². The molecule has 1 atom stereocenters. The molecule has 1 aromatic carbocycles. The van der Waals surface area contributed by atoms with Gasteiger partial charge in [0.1, 0.15) is 0 Å². The Morgan fingerprint density at radius 2 is 1.97 bits per heavy atom. The second kappa shape index (κ2) is 8.85. The molecule has 0 unspecified atom stereocenters. The zero-order valence-electron chi connectivity index (χ0n) is 16.7. The van der Waals surface area contributed by atoms with Crippen molar-refractivity contribution in [3.63, 3.8) is 0 Å². The lowest BCUT2D eigenvalue weighted by molar-refractivity contribution is -0.121. The number of amides is 1. The van der Waals surface area contributed by atoms with Gasteiger partial charge in [-0.1, -0.05) is 6.42 Å². The summed E-state index contributed by atoms with van der Waals surface area (Å²) in [6, 6.07) is 7.18. The van der Waals surface area contributed by atoms with Gasteiger partial charge in [0, 0.05) is 56.3 Å². The number of hydrogen-bond acceptors (Lipinski definition) is 4.